The standard InChI is InChI=1S/C24H26N10O2/c1-24(2,3)36-23(35)33-13-15-9-16(33)12-32(15)19-10-20(29-14-28-19)34-22-17(5-4-6-27-22)21(31-34)30-18-11-25-7-8-26-18/h4-8,10-11,14-16H,9,12-13H2,1-3H3,(H,26,30,31)/t15-,16-/m0/s1. The second kappa shape index (κ2) is 8.40. The Labute approximate surface area is 207 Å². The van der Waals surface area contributed by atoms with E-state index in [1.807, 2.05) is 43.9 Å². The molecule has 2 fully saturated rings. The van der Waals surface area contributed by atoms with Gasteiger partial charge in [0.2, 0.25) is 0 Å². The highest BCUT2D eigenvalue weighted by molar-refractivity contribution is 5.90. The normalized spacial score (nSPS) is 19.2. The molecule has 2 atom stereocenters. The van der Waals surface area contributed by atoms with Crippen LogP contribution in [0.1, 0.15) is 27.2 Å². The number of hydrogen-bond donors (Lipinski definition) is 1. The van der Waals surface area contributed by atoms with Crippen molar-refractivity contribution in [2.75, 3.05) is 23.3 Å². The summed E-state index contributed by atoms with van der Waals surface area (Å²) in [7, 11) is 0. The Morgan fingerprint density at radius 3 is 2.67 bits per heavy atom. The molecule has 6 rings (SSSR count). The first-order valence-electron chi connectivity index (χ1n) is 11.8. The Balaban J connectivity index is 1.26. The zero-order chi connectivity index (χ0) is 24.9. The lowest BCUT2D eigenvalue weighted by molar-refractivity contribution is 0.0214. The second-order valence-corrected chi connectivity index (χ2v) is 9.91. The van der Waals surface area contributed by atoms with Crippen molar-refractivity contribution < 1.29 is 9.53 Å². The van der Waals surface area contributed by atoms with E-state index >= 15 is 0 Å². The van der Waals surface area contributed by atoms with E-state index in [-0.39, 0.29) is 18.2 Å². The molecule has 184 valence electrons. The smallest absolute Gasteiger partial charge is 0.410 e. The summed E-state index contributed by atoms with van der Waals surface area (Å²) in [6, 6.07) is 5.98. The third kappa shape index (κ3) is 4.04. The minimum absolute atomic E-state index is 0.0956. The Bertz CT molecular complexity index is 1420. The molecule has 36 heavy (non-hydrogen) atoms. The topological polar surface area (TPSA) is 127 Å². The lowest BCUT2D eigenvalue weighted by Gasteiger charge is -2.35. The van der Waals surface area contributed by atoms with Crippen LogP contribution < -0.4 is 10.2 Å². The van der Waals surface area contributed by atoms with E-state index in [2.05, 4.69) is 35.1 Å². The molecule has 2 aliphatic heterocycles. The summed E-state index contributed by atoms with van der Waals surface area (Å²) in [5.41, 5.74) is 0.147. The van der Waals surface area contributed by atoms with Gasteiger partial charge in [0.25, 0.3) is 0 Å². The van der Waals surface area contributed by atoms with Gasteiger partial charge in [-0.05, 0) is 39.3 Å². The van der Waals surface area contributed by atoms with Crippen LogP contribution in [0.15, 0.2) is 49.3 Å². The maximum absolute atomic E-state index is 12.6. The molecule has 2 saturated heterocycles. The lowest BCUT2D eigenvalue weighted by Crippen LogP contribution is -2.50. The molecule has 0 spiro atoms. The van der Waals surface area contributed by atoms with Crippen LogP contribution in [0.5, 0.6) is 0 Å². The van der Waals surface area contributed by atoms with Crippen LogP contribution >= 0.6 is 0 Å². The van der Waals surface area contributed by atoms with Gasteiger partial charge in [0.1, 0.15) is 23.6 Å². The van der Waals surface area contributed by atoms with Crippen molar-refractivity contribution in [2.45, 2.75) is 44.9 Å². The number of hydrogen-bond acceptors (Lipinski definition) is 10. The quantitative estimate of drug-likeness (QED) is 0.460. The third-order valence-corrected chi connectivity index (χ3v) is 6.27. The minimum Gasteiger partial charge on any atom is -0.444 e. The van der Waals surface area contributed by atoms with Crippen molar-refractivity contribution in [3.63, 3.8) is 0 Å². The maximum atomic E-state index is 12.6. The van der Waals surface area contributed by atoms with Gasteiger partial charge in [-0.2, -0.15) is 4.68 Å². The van der Waals surface area contributed by atoms with Crippen molar-refractivity contribution in [1.82, 2.24) is 39.6 Å². The van der Waals surface area contributed by atoms with Gasteiger partial charge in [0.15, 0.2) is 17.3 Å². The first-order valence-corrected chi connectivity index (χ1v) is 11.8. The van der Waals surface area contributed by atoms with Gasteiger partial charge >= 0.3 is 6.09 Å². The Hall–Kier alpha value is -4.35. The van der Waals surface area contributed by atoms with Crippen LogP contribution in [0.4, 0.5) is 22.2 Å². The summed E-state index contributed by atoms with van der Waals surface area (Å²) >= 11 is 0. The van der Waals surface area contributed by atoms with Crippen LogP contribution in [0, 0.1) is 0 Å². The van der Waals surface area contributed by atoms with E-state index in [0.29, 0.717) is 36.2 Å². The van der Waals surface area contributed by atoms with Gasteiger partial charge in [0, 0.05) is 37.7 Å². The summed E-state index contributed by atoms with van der Waals surface area (Å²) < 4.78 is 7.28. The van der Waals surface area contributed by atoms with E-state index in [1.54, 1.807) is 29.5 Å². The molecule has 4 aromatic heterocycles. The van der Waals surface area contributed by atoms with Crippen LogP contribution in [-0.4, -0.2) is 76.5 Å². The highest BCUT2D eigenvalue weighted by Gasteiger charge is 2.47. The number of rotatable bonds is 4. The highest BCUT2D eigenvalue weighted by Crippen LogP contribution is 2.35. The van der Waals surface area contributed by atoms with Gasteiger partial charge in [-0.25, -0.2) is 24.7 Å². The van der Waals surface area contributed by atoms with Gasteiger partial charge in [-0.3, -0.25) is 4.98 Å². The lowest BCUT2D eigenvalue weighted by atomic mass is 10.2. The fraction of sp³-hybridized carbons (Fsp3) is 0.375. The van der Waals surface area contributed by atoms with Crippen LogP contribution in [0.3, 0.4) is 0 Å². The van der Waals surface area contributed by atoms with Crippen molar-refractivity contribution >= 4 is 34.6 Å². The SMILES string of the molecule is CC(C)(C)OC(=O)N1C[C@@H]2C[C@H]1CN2c1cc(-n2nc(Nc3cnccn3)c3cccnc32)ncn1. The fourth-order valence-corrected chi connectivity index (χ4v) is 4.79. The molecule has 0 radical (unpaired) electrons. The Kier molecular flexibility index (Phi) is 5.16. The molecule has 6 heterocycles. The number of carbonyl (C=O) groups excluding carboxylic acids is 1. The average Bonchev–Trinajstić information content (AvgIpc) is 3.57. The van der Waals surface area contributed by atoms with E-state index in [0.717, 1.165) is 17.6 Å². The molecule has 4 aromatic rings. The fourth-order valence-electron chi connectivity index (χ4n) is 4.79. The number of aromatic nitrogens is 7. The average molecular weight is 487 g/mol. The molecule has 12 heteroatoms. The molecule has 0 saturated carbocycles. The van der Waals surface area contributed by atoms with Gasteiger partial charge in [-0.1, -0.05) is 0 Å². The molecule has 2 aliphatic rings. The number of anilines is 3. The number of nitrogens with one attached hydrogen (secondary N) is 1. The molecular weight excluding hydrogens is 460 g/mol. The molecule has 0 unspecified atom stereocenters. The Morgan fingerprint density at radius 1 is 1.06 bits per heavy atom. The number of carbonyl (C=O) groups is 1. The number of fused-ring (bicyclic) bond motifs is 3. The summed E-state index contributed by atoms with van der Waals surface area (Å²) in [6.45, 7) is 6.96. The number of likely N-dealkylation sites (tertiary alicyclic amines) is 1. The van der Waals surface area contributed by atoms with E-state index < -0.39 is 5.60 Å². The minimum atomic E-state index is -0.512. The summed E-state index contributed by atoms with van der Waals surface area (Å²) in [5, 5.41) is 8.78. The first kappa shape index (κ1) is 22.1. The molecule has 12 nitrogen and oxygen atoms in total. The molecule has 0 aliphatic carbocycles. The molecular formula is C24H26N10O2. The maximum Gasteiger partial charge on any atom is 0.410 e. The zero-order valence-corrected chi connectivity index (χ0v) is 20.2. The van der Waals surface area contributed by atoms with E-state index in [4.69, 9.17) is 9.84 Å². The molecule has 0 aromatic carbocycles. The van der Waals surface area contributed by atoms with Gasteiger partial charge in [0.05, 0.1) is 23.7 Å². The zero-order valence-electron chi connectivity index (χ0n) is 20.2. The van der Waals surface area contributed by atoms with Crippen LogP contribution in [-0.2, 0) is 4.74 Å². The van der Waals surface area contributed by atoms with Crippen molar-refractivity contribution in [3.05, 3.63) is 49.3 Å². The van der Waals surface area contributed by atoms with E-state index in [9.17, 15) is 4.79 Å². The second-order valence-electron chi connectivity index (χ2n) is 9.91. The van der Waals surface area contributed by atoms with Crippen LogP contribution in [0.2, 0.25) is 0 Å². The van der Waals surface area contributed by atoms with Crippen molar-refractivity contribution in [2.24, 2.45) is 0 Å². The number of pyridine rings is 1. The van der Waals surface area contributed by atoms with Gasteiger partial charge in [-0.15, -0.1) is 5.10 Å². The predicted octanol–water partition coefficient (Wildman–Crippen LogP) is 2.94. The number of ether oxygens (including phenoxy) is 1. The van der Waals surface area contributed by atoms with Crippen molar-refractivity contribution in [3.8, 4) is 5.82 Å². The van der Waals surface area contributed by atoms with Crippen LogP contribution in [0.25, 0.3) is 16.9 Å². The summed E-state index contributed by atoms with van der Waals surface area (Å²) in [4.78, 5) is 38.6. The Morgan fingerprint density at radius 2 is 1.92 bits per heavy atom. The third-order valence-electron chi connectivity index (χ3n) is 6.27. The van der Waals surface area contributed by atoms with E-state index in [1.165, 1.54) is 6.33 Å². The summed E-state index contributed by atoms with van der Waals surface area (Å²) in [6.07, 6.45) is 8.75. The molecule has 2 bridgehead atoms. The molecule has 1 amide bonds. The van der Waals surface area contributed by atoms with Gasteiger partial charge < -0.3 is 19.9 Å². The predicted molar refractivity (Wildman–Crippen MR) is 132 cm³/mol. The highest BCUT2D eigenvalue weighted by atomic mass is 16.6. The number of piperazine rings is 1. The first-order chi connectivity index (χ1) is 17.4. The number of amides is 1. The monoisotopic (exact) mass is 486 g/mol. The summed E-state index contributed by atoms with van der Waals surface area (Å²) in [5.74, 6) is 2.58. The van der Waals surface area contributed by atoms with Crippen molar-refractivity contribution in [1.29, 1.82) is 0 Å². The molecule has 1 N–H and O–H groups in total. The number of nitrogens with zero attached hydrogens (tertiary/aromatic N) is 9. The largest absolute Gasteiger partial charge is 0.444 e.